The Hall–Kier alpha value is -3.11. The van der Waals surface area contributed by atoms with Crippen molar-refractivity contribution in [3.63, 3.8) is 0 Å². The Bertz CT molecular complexity index is 1230. The number of hydrogen-bond donors (Lipinski definition) is 1. The van der Waals surface area contributed by atoms with E-state index in [4.69, 9.17) is 9.26 Å². The maximum absolute atomic E-state index is 13.8. The first-order valence-corrected chi connectivity index (χ1v) is 8.56. The van der Waals surface area contributed by atoms with Gasteiger partial charge in [-0.3, -0.25) is 9.20 Å². The molecule has 0 spiro atoms. The minimum absolute atomic E-state index is 0.00576. The summed E-state index contributed by atoms with van der Waals surface area (Å²) in [6.07, 6.45) is 1.45. The van der Waals surface area contributed by atoms with Crippen LogP contribution in [0, 0.1) is 5.82 Å². The van der Waals surface area contributed by atoms with Crippen molar-refractivity contribution >= 4 is 16.6 Å². The van der Waals surface area contributed by atoms with Crippen LogP contribution in [0.15, 0.2) is 33.8 Å². The highest BCUT2D eigenvalue weighted by atomic mass is 19.1. The van der Waals surface area contributed by atoms with Gasteiger partial charge in [-0.1, -0.05) is 5.16 Å². The highest BCUT2D eigenvalue weighted by Crippen LogP contribution is 2.25. The third kappa shape index (κ3) is 2.86. The lowest BCUT2D eigenvalue weighted by Crippen LogP contribution is -2.25. The van der Waals surface area contributed by atoms with Gasteiger partial charge in [0.05, 0.1) is 17.6 Å². The molecule has 146 valence electrons. The van der Waals surface area contributed by atoms with Gasteiger partial charge < -0.3 is 18.9 Å². The van der Waals surface area contributed by atoms with Gasteiger partial charge >= 0.3 is 0 Å². The number of methoxy groups -OCH3 is 1. The summed E-state index contributed by atoms with van der Waals surface area (Å²) in [5.41, 5.74) is -0.276. The maximum Gasteiger partial charge on any atom is 0.277 e. The number of rotatable bonds is 5. The minimum Gasteiger partial charge on any atom is -0.383 e. The fourth-order valence-electron chi connectivity index (χ4n) is 3.03. The number of aromatic nitrogens is 5. The van der Waals surface area contributed by atoms with Crippen LogP contribution in [0.2, 0.25) is 0 Å². The average Bonchev–Trinajstić information content (AvgIpc) is 3.28. The van der Waals surface area contributed by atoms with Crippen LogP contribution in [0.25, 0.3) is 28.1 Å². The molecule has 0 aliphatic heterocycles. The fraction of sp³-hybridized carbons (Fsp3) is 0.333. The highest BCUT2D eigenvalue weighted by Gasteiger charge is 2.27. The first-order chi connectivity index (χ1) is 13.3. The molecule has 3 aromatic heterocycles. The van der Waals surface area contributed by atoms with E-state index in [0.29, 0.717) is 11.0 Å². The van der Waals surface area contributed by atoms with Crippen LogP contribution < -0.4 is 5.56 Å². The van der Waals surface area contributed by atoms with E-state index >= 15 is 0 Å². The predicted octanol–water partition coefficient (Wildman–Crippen LogP) is 1.71. The molecule has 0 saturated carbocycles. The lowest BCUT2D eigenvalue weighted by molar-refractivity contribution is 0.0420. The molecule has 0 radical (unpaired) electrons. The van der Waals surface area contributed by atoms with Gasteiger partial charge in [-0.2, -0.15) is 4.98 Å². The molecule has 0 atom stereocenters. The number of aliphatic hydroxyl groups is 1. The van der Waals surface area contributed by atoms with Crippen LogP contribution in [0.3, 0.4) is 0 Å². The summed E-state index contributed by atoms with van der Waals surface area (Å²) in [6.45, 7) is 3.53. The molecular weight excluding hydrogens is 369 g/mol. The molecule has 3 heterocycles. The van der Waals surface area contributed by atoms with Gasteiger partial charge in [0.2, 0.25) is 5.82 Å². The van der Waals surface area contributed by atoms with E-state index in [2.05, 4.69) is 15.1 Å². The van der Waals surface area contributed by atoms with Gasteiger partial charge in [0.1, 0.15) is 29.0 Å². The van der Waals surface area contributed by atoms with Gasteiger partial charge in [0.25, 0.3) is 11.4 Å². The molecule has 0 saturated heterocycles. The van der Waals surface area contributed by atoms with Gasteiger partial charge in [0, 0.05) is 13.7 Å². The number of ether oxygens (including phenoxy) is 1. The molecule has 0 aliphatic carbocycles. The quantitative estimate of drug-likeness (QED) is 0.555. The van der Waals surface area contributed by atoms with Crippen molar-refractivity contribution in [3.05, 3.63) is 46.6 Å². The molecule has 0 bridgehead atoms. The second kappa shape index (κ2) is 6.50. The number of nitrogens with zero attached hydrogens (tertiary/aromatic N) is 5. The largest absolute Gasteiger partial charge is 0.383 e. The molecule has 9 nitrogen and oxygen atoms in total. The van der Waals surface area contributed by atoms with E-state index in [1.165, 1.54) is 44.0 Å². The molecule has 1 N–H and O–H groups in total. The summed E-state index contributed by atoms with van der Waals surface area (Å²) >= 11 is 0. The summed E-state index contributed by atoms with van der Waals surface area (Å²) in [4.78, 5) is 21.6. The molecule has 4 rings (SSSR count). The summed E-state index contributed by atoms with van der Waals surface area (Å²) < 4.78 is 27.0. The summed E-state index contributed by atoms with van der Waals surface area (Å²) in [5.74, 6) is -0.367. The molecule has 10 heteroatoms. The lowest BCUT2D eigenvalue weighted by atomic mass is 10.1. The average molecular weight is 387 g/mol. The number of imidazole rings is 1. The van der Waals surface area contributed by atoms with Crippen molar-refractivity contribution in [2.75, 3.05) is 13.7 Å². The molecule has 0 unspecified atom stereocenters. The van der Waals surface area contributed by atoms with Gasteiger partial charge in [0.15, 0.2) is 0 Å². The van der Waals surface area contributed by atoms with Crippen LogP contribution in [0.1, 0.15) is 19.7 Å². The van der Waals surface area contributed by atoms with Crippen molar-refractivity contribution in [1.82, 2.24) is 24.1 Å². The Morgan fingerprint density at radius 3 is 2.79 bits per heavy atom. The van der Waals surface area contributed by atoms with Gasteiger partial charge in [-0.05, 0) is 32.0 Å². The lowest BCUT2D eigenvalue weighted by Gasteiger charge is -2.12. The molecule has 0 amide bonds. The Labute approximate surface area is 158 Å². The first kappa shape index (κ1) is 18.3. The number of hydrogen-bond acceptors (Lipinski definition) is 7. The molecular formula is C18H18FN5O4. The minimum atomic E-state index is -1.33. The second-order valence-electron chi connectivity index (χ2n) is 6.88. The number of benzene rings is 1. The first-order valence-electron chi connectivity index (χ1n) is 8.56. The summed E-state index contributed by atoms with van der Waals surface area (Å²) in [7, 11) is 1.52. The van der Waals surface area contributed by atoms with E-state index in [1.807, 2.05) is 0 Å². The normalized spacial score (nSPS) is 12.3. The predicted molar refractivity (Wildman–Crippen MR) is 97.3 cm³/mol. The summed E-state index contributed by atoms with van der Waals surface area (Å²) in [6, 6.07) is 4.18. The standard InChI is InChI=1S/C18H18FN5O4/c1-18(2,26)17-21-15(22-28-17)13-14-16(25)23(6-7-27-3)12-8-10(19)4-5-11(12)24(14)9-20-13/h4-5,8-9,26H,6-7H2,1-3H3. The van der Waals surface area contributed by atoms with E-state index in [1.54, 1.807) is 10.5 Å². The van der Waals surface area contributed by atoms with Crippen LogP contribution in [0.5, 0.6) is 0 Å². The molecule has 28 heavy (non-hydrogen) atoms. The third-order valence-electron chi connectivity index (χ3n) is 4.38. The smallest absolute Gasteiger partial charge is 0.277 e. The Morgan fingerprint density at radius 2 is 2.11 bits per heavy atom. The van der Waals surface area contributed by atoms with E-state index in [0.717, 1.165) is 0 Å². The fourth-order valence-corrected chi connectivity index (χ4v) is 3.03. The van der Waals surface area contributed by atoms with Crippen LogP contribution in [-0.2, 0) is 16.9 Å². The number of fused-ring (bicyclic) bond motifs is 3. The van der Waals surface area contributed by atoms with Crippen molar-refractivity contribution in [1.29, 1.82) is 0 Å². The SMILES string of the molecule is COCCn1c(=O)c2c(-c3noc(C(C)(C)O)n3)ncn2c2ccc(F)cc21. The highest BCUT2D eigenvalue weighted by molar-refractivity contribution is 5.83. The Balaban J connectivity index is 2.02. The molecule has 0 aliphatic rings. The van der Waals surface area contributed by atoms with Crippen molar-refractivity contribution < 1.29 is 18.8 Å². The van der Waals surface area contributed by atoms with Crippen molar-refractivity contribution in [2.24, 2.45) is 0 Å². The van der Waals surface area contributed by atoms with Crippen LogP contribution in [0.4, 0.5) is 4.39 Å². The molecule has 1 aromatic carbocycles. The Kier molecular flexibility index (Phi) is 4.24. The third-order valence-corrected chi connectivity index (χ3v) is 4.38. The van der Waals surface area contributed by atoms with Crippen molar-refractivity contribution in [3.8, 4) is 11.5 Å². The topological polar surface area (TPSA) is 108 Å². The molecule has 0 fully saturated rings. The van der Waals surface area contributed by atoms with Crippen molar-refractivity contribution in [2.45, 2.75) is 26.0 Å². The zero-order valence-electron chi connectivity index (χ0n) is 15.5. The van der Waals surface area contributed by atoms with Crippen LogP contribution in [-0.4, -0.2) is 42.9 Å². The maximum atomic E-state index is 13.8. The zero-order chi connectivity index (χ0) is 20.1. The molecule has 4 aromatic rings. The van der Waals surface area contributed by atoms with Crippen LogP contribution >= 0.6 is 0 Å². The monoisotopic (exact) mass is 387 g/mol. The van der Waals surface area contributed by atoms with Gasteiger partial charge in [-0.15, -0.1) is 0 Å². The second-order valence-corrected chi connectivity index (χ2v) is 6.88. The summed E-state index contributed by atoms with van der Waals surface area (Å²) in [5, 5.41) is 13.9. The number of halogens is 1. The zero-order valence-corrected chi connectivity index (χ0v) is 15.5. The Morgan fingerprint density at radius 1 is 1.32 bits per heavy atom. The van der Waals surface area contributed by atoms with E-state index in [9.17, 15) is 14.3 Å². The van der Waals surface area contributed by atoms with E-state index < -0.39 is 17.0 Å². The van der Waals surface area contributed by atoms with E-state index in [-0.39, 0.29) is 36.1 Å². The van der Waals surface area contributed by atoms with Gasteiger partial charge in [-0.25, -0.2) is 9.37 Å².